The maximum Gasteiger partial charge on any atom is 0.275 e. The smallest absolute Gasteiger partial charge is 0.275 e. The van der Waals surface area contributed by atoms with Crippen molar-refractivity contribution in [2.45, 2.75) is 27.7 Å². The SMILES string of the molecule is CC.CC1=NN(C)C(=O)/C1=C(\C)c1ccc(N(C)C)cc1. The lowest BCUT2D eigenvalue weighted by atomic mass is 9.98. The fourth-order valence-corrected chi connectivity index (χ4v) is 2.22. The summed E-state index contributed by atoms with van der Waals surface area (Å²) in [5.74, 6) is -0.0355. The summed E-state index contributed by atoms with van der Waals surface area (Å²) < 4.78 is 0. The molecule has 21 heavy (non-hydrogen) atoms. The quantitative estimate of drug-likeness (QED) is 0.782. The molecule has 0 unspecified atom stereocenters. The van der Waals surface area contributed by atoms with Crippen molar-refractivity contribution in [2.24, 2.45) is 5.10 Å². The van der Waals surface area contributed by atoms with Gasteiger partial charge in [0.2, 0.25) is 0 Å². The van der Waals surface area contributed by atoms with E-state index in [0.29, 0.717) is 5.57 Å². The topological polar surface area (TPSA) is 35.9 Å². The molecule has 0 aliphatic carbocycles. The van der Waals surface area contributed by atoms with Crippen LogP contribution in [0.5, 0.6) is 0 Å². The number of amides is 1. The molecule has 0 aromatic heterocycles. The lowest BCUT2D eigenvalue weighted by Crippen LogP contribution is -2.17. The van der Waals surface area contributed by atoms with Gasteiger partial charge in [0.15, 0.2) is 0 Å². The Bertz CT molecular complexity index is 568. The molecule has 0 N–H and O–H groups in total. The van der Waals surface area contributed by atoms with Crippen LogP contribution in [0, 0.1) is 0 Å². The van der Waals surface area contributed by atoms with Crippen molar-refractivity contribution < 1.29 is 4.79 Å². The highest BCUT2D eigenvalue weighted by Crippen LogP contribution is 2.25. The molecular weight excluding hydrogens is 262 g/mol. The van der Waals surface area contributed by atoms with E-state index in [1.165, 1.54) is 5.01 Å². The third-order valence-corrected chi connectivity index (χ3v) is 3.36. The number of anilines is 1. The molecule has 0 radical (unpaired) electrons. The Labute approximate surface area is 127 Å². The molecule has 4 heteroatoms. The van der Waals surface area contributed by atoms with E-state index in [1.807, 2.05) is 58.8 Å². The van der Waals surface area contributed by atoms with Crippen LogP contribution in [-0.2, 0) is 4.79 Å². The minimum Gasteiger partial charge on any atom is -0.378 e. The minimum atomic E-state index is -0.0355. The van der Waals surface area contributed by atoms with Gasteiger partial charge in [-0.25, -0.2) is 5.01 Å². The molecule has 1 aliphatic heterocycles. The van der Waals surface area contributed by atoms with E-state index in [1.54, 1.807) is 7.05 Å². The van der Waals surface area contributed by atoms with Gasteiger partial charge in [0, 0.05) is 26.8 Å². The van der Waals surface area contributed by atoms with Gasteiger partial charge < -0.3 is 4.90 Å². The van der Waals surface area contributed by atoms with Crippen LogP contribution in [0.1, 0.15) is 33.3 Å². The largest absolute Gasteiger partial charge is 0.378 e. The Morgan fingerprint density at radius 2 is 1.67 bits per heavy atom. The lowest BCUT2D eigenvalue weighted by Gasteiger charge is -2.13. The van der Waals surface area contributed by atoms with Crippen molar-refractivity contribution in [3.63, 3.8) is 0 Å². The molecule has 1 heterocycles. The van der Waals surface area contributed by atoms with Gasteiger partial charge in [-0.05, 0) is 37.1 Å². The number of likely N-dealkylation sites (N-methyl/N-ethyl adjacent to an activating group) is 1. The molecule has 0 saturated heterocycles. The average Bonchev–Trinajstić information content (AvgIpc) is 2.73. The monoisotopic (exact) mass is 287 g/mol. The number of hydrogen-bond donors (Lipinski definition) is 0. The number of carbonyl (C=O) groups excluding carboxylic acids is 1. The van der Waals surface area contributed by atoms with Gasteiger partial charge in [0.05, 0.1) is 11.3 Å². The molecule has 0 bridgehead atoms. The summed E-state index contributed by atoms with van der Waals surface area (Å²) in [6, 6.07) is 8.18. The molecule has 1 aromatic carbocycles. The summed E-state index contributed by atoms with van der Waals surface area (Å²) in [5, 5.41) is 5.57. The molecule has 0 atom stereocenters. The lowest BCUT2D eigenvalue weighted by molar-refractivity contribution is -0.124. The van der Waals surface area contributed by atoms with Gasteiger partial charge in [-0.15, -0.1) is 0 Å². The molecule has 0 spiro atoms. The molecule has 0 saturated carbocycles. The predicted octanol–water partition coefficient (Wildman–Crippen LogP) is 3.40. The van der Waals surface area contributed by atoms with Crippen LogP contribution in [0.3, 0.4) is 0 Å². The Balaban J connectivity index is 0.00000106. The van der Waals surface area contributed by atoms with Gasteiger partial charge in [-0.2, -0.15) is 5.10 Å². The van der Waals surface area contributed by atoms with Gasteiger partial charge in [-0.1, -0.05) is 26.0 Å². The maximum atomic E-state index is 12.1. The van der Waals surface area contributed by atoms with Crippen molar-refractivity contribution in [2.75, 3.05) is 26.0 Å². The van der Waals surface area contributed by atoms with E-state index in [0.717, 1.165) is 22.5 Å². The van der Waals surface area contributed by atoms with Crippen LogP contribution in [0.2, 0.25) is 0 Å². The fraction of sp³-hybridized carbons (Fsp3) is 0.412. The molecule has 1 aromatic rings. The highest BCUT2D eigenvalue weighted by Gasteiger charge is 2.26. The van der Waals surface area contributed by atoms with Crippen LogP contribution >= 0.6 is 0 Å². The summed E-state index contributed by atoms with van der Waals surface area (Å²) in [5.41, 5.74) is 4.66. The van der Waals surface area contributed by atoms with Gasteiger partial charge in [-0.3, -0.25) is 4.79 Å². The number of rotatable bonds is 2. The summed E-state index contributed by atoms with van der Waals surface area (Å²) in [7, 11) is 5.69. The fourth-order valence-electron chi connectivity index (χ4n) is 2.22. The minimum absolute atomic E-state index is 0.0355. The Kier molecular flexibility index (Phi) is 5.70. The molecule has 1 aliphatic rings. The molecule has 2 rings (SSSR count). The van der Waals surface area contributed by atoms with E-state index < -0.39 is 0 Å². The van der Waals surface area contributed by atoms with E-state index in [4.69, 9.17) is 0 Å². The predicted molar refractivity (Wildman–Crippen MR) is 90.6 cm³/mol. The number of nitrogens with zero attached hydrogens (tertiary/aromatic N) is 3. The first-order valence-electron chi connectivity index (χ1n) is 7.24. The standard InChI is InChI=1S/C15H19N3O.C2H6/c1-10(14-11(2)16-18(5)15(14)19)12-6-8-13(9-7-12)17(3)4;1-2/h6-9H,1-5H3;1-2H3/b14-10+;. The zero-order valence-corrected chi connectivity index (χ0v) is 14.1. The second-order valence-corrected chi connectivity index (χ2v) is 4.96. The summed E-state index contributed by atoms with van der Waals surface area (Å²) in [6.07, 6.45) is 0. The number of benzene rings is 1. The van der Waals surface area contributed by atoms with Crippen LogP contribution in [-0.4, -0.2) is 37.8 Å². The van der Waals surface area contributed by atoms with Crippen LogP contribution < -0.4 is 4.90 Å². The number of allylic oxidation sites excluding steroid dienone is 1. The summed E-state index contributed by atoms with van der Waals surface area (Å²) >= 11 is 0. The van der Waals surface area contributed by atoms with E-state index in [2.05, 4.69) is 17.2 Å². The third-order valence-electron chi connectivity index (χ3n) is 3.36. The van der Waals surface area contributed by atoms with Gasteiger partial charge in [0.1, 0.15) is 0 Å². The zero-order chi connectivity index (χ0) is 16.2. The highest BCUT2D eigenvalue weighted by atomic mass is 16.2. The molecule has 0 fully saturated rings. The summed E-state index contributed by atoms with van der Waals surface area (Å²) in [6.45, 7) is 7.84. The first-order chi connectivity index (χ1) is 9.91. The van der Waals surface area contributed by atoms with Crippen molar-refractivity contribution in [3.8, 4) is 0 Å². The number of hydrazone groups is 1. The Morgan fingerprint density at radius 3 is 2.05 bits per heavy atom. The Morgan fingerprint density at radius 1 is 1.14 bits per heavy atom. The van der Waals surface area contributed by atoms with E-state index in [9.17, 15) is 4.79 Å². The average molecular weight is 287 g/mol. The Hall–Kier alpha value is -2.10. The zero-order valence-electron chi connectivity index (χ0n) is 14.1. The molecule has 1 amide bonds. The molecule has 4 nitrogen and oxygen atoms in total. The maximum absolute atomic E-state index is 12.1. The van der Waals surface area contributed by atoms with E-state index in [-0.39, 0.29) is 5.91 Å². The van der Waals surface area contributed by atoms with Crippen LogP contribution in [0.15, 0.2) is 34.9 Å². The van der Waals surface area contributed by atoms with Gasteiger partial charge in [0.25, 0.3) is 5.91 Å². The van der Waals surface area contributed by atoms with Crippen LogP contribution in [0.25, 0.3) is 5.57 Å². The van der Waals surface area contributed by atoms with Gasteiger partial charge >= 0.3 is 0 Å². The molecule has 114 valence electrons. The van der Waals surface area contributed by atoms with Crippen LogP contribution in [0.4, 0.5) is 5.69 Å². The van der Waals surface area contributed by atoms with Crippen molar-refractivity contribution in [3.05, 3.63) is 35.4 Å². The first-order valence-corrected chi connectivity index (χ1v) is 7.24. The first kappa shape index (κ1) is 17.0. The highest BCUT2D eigenvalue weighted by molar-refractivity contribution is 6.28. The van der Waals surface area contributed by atoms with Crippen molar-refractivity contribution >= 4 is 22.9 Å². The van der Waals surface area contributed by atoms with Crippen molar-refractivity contribution in [1.82, 2.24) is 5.01 Å². The number of hydrogen-bond acceptors (Lipinski definition) is 3. The second kappa shape index (κ2) is 7.07. The number of carbonyl (C=O) groups is 1. The third kappa shape index (κ3) is 3.51. The normalized spacial score (nSPS) is 16.2. The second-order valence-electron chi connectivity index (χ2n) is 4.96. The van der Waals surface area contributed by atoms with E-state index >= 15 is 0 Å². The molecular formula is C17H25N3O. The summed E-state index contributed by atoms with van der Waals surface area (Å²) in [4.78, 5) is 14.1. The van der Waals surface area contributed by atoms with Crippen molar-refractivity contribution in [1.29, 1.82) is 0 Å².